The van der Waals surface area contributed by atoms with E-state index in [9.17, 15) is 21.4 Å². The second-order valence-electron chi connectivity index (χ2n) is 9.55. The Labute approximate surface area is 235 Å². The van der Waals surface area contributed by atoms with Gasteiger partial charge in [-0.25, -0.2) is 0 Å². The summed E-state index contributed by atoms with van der Waals surface area (Å²) in [7, 11) is 3.35. The molecule has 0 saturated carbocycles. The monoisotopic (exact) mass is 625 g/mol. The normalized spacial score (nSPS) is 18.2. The number of aromatic nitrogens is 2. The first-order valence-corrected chi connectivity index (χ1v) is 14.9. The molecule has 13 heteroatoms. The summed E-state index contributed by atoms with van der Waals surface area (Å²) >= 11 is -4.14. The molecule has 1 aliphatic rings. The van der Waals surface area contributed by atoms with Gasteiger partial charge < -0.3 is 5.11 Å². The van der Waals surface area contributed by atoms with Gasteiger partial charge in [0.2, 0.25) is 0 Å². The molecule has 0 aliphatic carbocycles. The zero-order valence-electron chi connectivity index (χ0n) is 22.4. The summed E-state index contributed by atoms with van der Waals surface area (Å²) in [6, 6.07) is 5.90. The van der Waals surface area contributed by atoms with Crippen molar-refractivity contribution in [3.8, 4) is 17.6 Å². The van der Waals surface area contributed by atoms with Crippen LogP contribution in [0.2, 0.25) is 0 Å². The third-order valence-electron chi connectivity index (χ3n) is 6.47. The van der Waals surface area contributed by atoms with Crippen LogP contribution in [-0.4, -0.2) is 98.8 Å². The molecule has 4 N–H and O–H groups in total. The molecule has 1 radical (unpaired) electrons. The van der Waals surface area contributed by atoms with Crippen LogP contribution in [0.3, 0.4) is 0 Å². The molecule has 4 rings (SSSR count). The van der Waals surface area contributed by atoms with Crippen LogP contribution in [-0.2, 0) is 0 Å². The summed E-state index contributed by atoms with van der Waals surface area (Å²) in [4.78, 5) is 18.6. The van der Waals surface area contributed by atoms with Crippen molar-refractivity contribution < 1.29 is 26.1 Å². The van der Waals surface area contributed by atoms with E-state index in [1.54, 1.807) is 31.2 Å². The number of piperidine rings is 1. The van der Waals surface area contributed by atoms with Gasteiger partial charge in [-0.2, -0.15) is 0 Å². The first-order chi connectivity index (χ1) is 19.2. The van der Waals surface area contributed by atoms with Crippen molar-refractivity contribution in [2.75, 3.05) is 51.0 Å². The van der Waals surface area contributed by atoms with Gasteiger partial charge in [-0.05, 0) is 6.92 Å². The van der Waals surface area contributed by atoms with Gasteiger partial charge >= 0.3 is 218 Å². The van der Waals surface area contributed by atoms with E-state index in [1.807, 2.05) is 11.9 Å². The number of fused-ring (bicyclic) bond motifs is 1. The van der Waals surface area contributed by atoms with Gasteiger partial charge in [-0.1, -0.05) is 0 Å². The minimum absolute atomic E-state index is 0.0897. The average molecular weight is 625 g/mol. The van der Waals surface area contributed by atoms with Crippen molar-refractivity contribution in [2.24, 2.45) is 0 Å². The Balaban J connectivity index is 1.53. The summed E-state index contributed by atoms with van der Waals surface area (Å²) < 4.78 is 49.7. The number of ether oxygens (including phenoxy) is 1. The van der Waals surface area contributed by atoms with Gasteiger partial charge in [-0.15, -0.1) is 0 Å². The first kappa shape index (κ1) is 29.5. The van der Waals surface area contributed by atoms with Crippen molar-refractivity contribution in [1.29, 1.82) is 0 Å². The van der Waals surface area contributed by atoms with Crippen LogP contribution in [0.4, 0.5) is 23.0 Å². The summed E-state index contributed by atoms with van der Waals surface area (Å²) in [5.74, 6) is 6.18. The van der Waals surface area contributed by atoms with E-state index in [2.05, 4.69) is 32.8 Å². The van der Waals surface area contributed by atoms with Crippen molar-refractivity contribution in [1.82, 2.24) is 19.6 Å². The molecule has 3 heterocycles. The Morgan fingerprint density at radius 2 is 2.15 bits per heavy atom. The quantitative estimate of drug-likeness (QED) is 0.214. The third kappa shape index (κ3) is 7.01. The van der Waals surface area contributed by atoms with Crippen LogP contribution in [0.5, 0.6) is 5.75 Å². The Morgan fingerprint density at radius 3 is 2.85 bits per heavy atom. The van der Waals surface area contributed by atoms with E-state index in [4.69, 9.17) is 4.74 Å². The summed E-state index contributed by atoms with van der Waals surface area (Å²) in [6.07, 6.45) is 1.67. The maximum absolute atomic E-state index is 14.6. The number of benzene rings is 1. The molecule has 3 atom stereocenters. The molecular weight excluding hydrogens is 592 g/mol. The molecule has 0 bridgehead atoms. The second kappa shape index (κ2) is 13.3. The number of hydrogen-bond donors (Lipinski definition) is 4. The predicted molar refractivity (Wildman–Crippen MR) is 150 cm³/mol. The van der Waals surface area contributed by atoms with Crippen LogP contribution < -0.4 is 25.3 Å². The predicted octanol–water partition coefficient (Wildman–Crippen LogP) is 2.01. The van der Waals surface area contributed by atoms with Gasteiger partial charge in [0.1, 0.15) is 0 Å². The van der Waals surface area contributed by atoms with Gasteiger partial charge in [-0.3, -0.25) is 0 Å². The van der Waals surface area contributed by atoms with Crippen molar-refractivity contribution in [3.05, 3.63) is 47.8 Å². The Bertz CT molecular complexity index is 1410. The van der Waals surface area contributed by atoms with E-state index in [-0.39, 0.29) is 29.2 Å². The number of carbonyl (C=O) groups is 1. The number of methoxy groups -OCH3 is 1. The topological polar surface area (TPSA) is 103 Å². The second-order valence-corrected chi connectivity index (χ2v) is 11.3. The van der Waals surface area contributed by atoms with Crippen molar-refractivity contribution in [2.45, 2.75) is 31.7 Å². The molecule has 9 nitrogen and oxygen atoms in total. The molecule has 1 fully saturated rings. The number of nitrogens with zero attached hydrogens (tertiary/aromatic N) is 3. The molecule has 1 aliphatic heterocycles. The zero-order chi connectivity index (χ0) is 28.8. The van der Waals surface area contributed by atoms with E-state index in [0.717, 1.165) is 6.54 Å². The fourth-order valence-corrected chi connectivity index (χ4v) is 5.67. The number of alkyl halides is 1. The number of likely N-dealkylation sites (tertiary alicyclic amines) is 1. The van der Waals surface area contributed by atoms with Crippen LogP contribution in [0.15, 0.2) is 36.7 Å². The SMILES string of the molecule is COc1ccc(C(=O)NCC(C)O)cc1NCC#Cc1cc2c(NC3CCN(C)CC3F)nccn2c1[Se](F)F. The number of anilines is 2. The molecule has 40 heavy (non-hydrogen) atoms. The molecule has 1 aromatic carbocycles. The Kier molecular flexibility index (Phi) is 9.81. The third-order valence-corrected chi connectivity index (χ3v) is 7.96. The Hall–Kier alpha value is -3.43. The minimum atomic E-state index is -4.14. The molecule has 215 valence electrons. The number of amides is 1. The van der Waals surface area contributed by atoms with Crippen molar-refractivity contribution >= 4 is 42.3 Å². The van der Waals surface area contributed by atoms with E-state index < -0.39 is 33.1 Å². The van der Waals surface area contributed by atoms with Gasteiger partial charge in [0.25, 0.3) is 0 Å². The molecule has 2 aromatic heterocycles. The van der Waals surface area contributed by atoms with Crippen LogP contribution in [0, 0.1) is 11.8 Å². The average Bonchev–Trinajstić information content (AvgIpc) is 3.30. The fraction of sp³-hybridized carbons (Fsp3) is 0.407. The van der Waals surface area contributed by atoms with E-state index in [1.165, 1.54) is 23.9 Å². The summed E-state index contributed by atoms with van der Waals surface area (Å²) in [5.41, 5.74) is 1.46. The summed E-state index contributed by atoms with van der Waals surface area (Å²) in [6.45, 7) is 2.78. The molecular formula is C27H32F3N6O3Se. The van der Waals surface area contributed by atoms with Gasteiger partial charge in [0.05, 0.1) is 6.10 Å². The number of nitrogens with one attached hydrogen (secondary N) is 3. The molecule has 1 saturated heterocycles. The van der Waals surface area contributed by atoms with Crippen LogP contribution >= 0.6 is 0 Å². The number of rotatable bonds is 9. The Morgan fingerprint density at radius 1 is 1.35 bits per heavy atom. The number of aliphatic hydroxyl groups is 1. The number of hydrogen-bond acceptors (Lipinski definition) is 7. The number of aliphatic hydroxyl groups excluding tert-OH is 1. The number of halogens is 3. The summed E-state index contributed by atoms with van der Waals surface area (Å²) in [5, 5.41) is 18.2. The molecule has 1 amide bonds. The first-order valence-electron chi connectivity index (χ1n) is 12.7. The van der Waals surface area contributed by atoms with Gasteiger partial charge in [0, 0.05) is 0 Å². The maximum atomic E-state index is 14.6. The standard InChI is InChI=1S/C27H32F3N6O3Se/c1-17(37)15-33-26(38)18-6-7-24(39-3)22(13-18)31-9-4-5-19-14-23-25(32-10-12-36(23)27(19)40(29)30)34-21-8-11-35(2)16-20(21)28/h6-7,10,12-14,17,20-21,31,37H,8-9,11,15-16H2,1-3H3,(H,32,34)(H,33,38). The van der Waals surface area contributed by atoms with Gasteiger partial charge in [0.15, 0.2) is 0 Å². The fourth-order valence-electron chi connectivity index (χ4n) is 4.44. The molecule has 0 spiro atoms. The zero-order valence-corrected chi connectivity index (χ0v) is 24.1. The van der Waals surface area contributed by atoms with E-state index in [0.29, 0.717) is 41.3 Å². The molecule has 3 aromatic rings. The van der Waals surface area contributed by atoms with Crippen LogP contribution in [0.1, 0.15) is 29.3 Å². The molecule has 3 unspecified atom stereocenters. The number of carbonyl (C=O) groups excluding carboxylic acids is 1. The van der Waals surface area contributed by atoms with Crippen LogP contribution in [0.25, 0.3) is 5.52 Å². The van der Waals surface area contributed by atoms with E-state index >= 15 is 0 Å². The van der Waals surface area contributed by atoms with Crippen molar-refractivity contribution in [3.63, 3.8) is 0 Å².